The van der Waals surface area contributed by atoms with E-state index < -0.39 is 17.8 Å². The lowest BCUT2D eigenvalue weighted by Gasteiger charge is -2.11. The fraction of sp³-hybridized carbons (Fsp3) is 0.143. The average Bonchev–Trinajstić information content (AvgIpc) is 2.45. The predicted molar refractivity (Wildman–Crippen MR) is 72.6 cm³/mol. The number of ether oxygens (including phenoxy) is 1. The van der Waals surface area contributed by atoms with Gasteiger partial charge in [-0.15, -0.1) is 0 Å². The Morgan fingerprint density at radius 2 is 1.82 bits per heavy atom. The van der Waals surface area contributed by atoms with Crippen molar-refractivity contribution in [1.29, 1.82) is 0 Å². The van der Waals surface area contributed by atoms with Crippen molar-refractivity contribution in [1.82, 2.24) is 4.98 Å². The van der Waals surface area contributed by atoms with E-state index in [1.54, 1.807) is 0 Å². The van der Waals surface area contributed by atoms with E-state index in [4.69, 9.17) is 15.6 Å². The number of hydrogen-bond donors (Lipinski definition) is 2. The Morgan fingerprint density at radius 1 is 1.18 bits per heavy atom. The number of benzene rings is 1. The Kier molecular flexibility index (Phi) is 3.94. The molecule has 0 radical (unpaired) electrons. The number of nitrogens with zero attached hydrogens (tertiary/aromatic N) is 1. The summed E-state index contributed by atoms with van der Waals surface area (Å²) in [4.78, 5) is 14.3. The van der Waals surface area contributed by atoms with Crippen molar-refractivity contribution in [2.24, 2.45) is 0 Å². The van der Waals surface area contributed by atoms with Crippen LogP contribution in [0.5, 0.6) is 5.88 Å². The Hall–Kier alpha value is -2.77. The van der Waals surface area contributed by atoms with E-state index in [2.05, 4.69) is 4.98 Å². The quantitative estimate of drug-likeness (QED) is 0.851. The SMILES string of the molecule is COc1cc(-c2cc(N)cc(C(=O)O)c2)cc(C(F)(F)F)n1. The van der Waals surface area contributed by atoms with E-state index >= 15 is 0 Å². The van der Waals surface area contributed by atoms with Gasteiger partial charge in [-0.3, -0.25) is 0 Å². The van der Waals surface area contributed by atoms with Gasteiger partial charge in [0.2, 0.25) is 5.88 Å². The molecule has 0 spiro atoms. The third-order valence-electron chi connectivity index (χ3n) is 2.84. The summed E-state index contributed by atoms with van der Waals surface area (Å²) in [5.41, 5.74) is 4.79. The zero-order chi connectivity index (χ0) is 16.5. The highest BCUT2D eigenvalue weighted by molar-refractivity contribution is 5.91. The number of halogens is 3. The minimum atomic E-state index is -4.65. The zero-order valence-corrected chi connectivity index (χ0v) is 11.3. The molecule has 0 unspecified atom stereocenters. The molecule has 8 heteroatoms. The number of nitrogen functional groups attached to an aromatic ring is 1. The van der Waals surface area contributed by atoms with Crippen molar-refractivity contribution in [3.8, 4) is 17.0 Å². The fourth-order valence-corrected chi connectivity index (χ4v) is 1.86. The molecule has 0 aliphatic heterocycles. The monoisotopic (exact) mass is 312 g/mol. The summed E-state index contributed by atoms with van der Waals surface area (Å²) >= 11 is 0. The number of aromatic nitrogens is 1. The molecule has 0 fully saturated rings. The smallest absolute Gasteiger partial charge is 0.433 e. The predicted octanol–water partition coefficient (Wildman–Crippen LogP) is 3.06. The molecule has 116 valence electrons. The first-order chi connectivity index (χ1) is 10.2. The summed E-state index contributed by atoms with van der Waals surface area (Å²) in [5, 5.41) is 8.99. The van der Waals surface area contributed by atoms with E-state index in [1.165, 1.54) is 31.4 Å². The number of nitrogens with two attached hydrogens (primary N) is 1. The molecule has 2 aromatic rings. The number of carboxylic acids is 1. The van der Waals surface area contributed by atoms with Gasteiger partial charge in [0.1, 0.15) is 5.69 Å². The number of aromatic carboxylic acids is 1. The lowest BCUT2D eigenvalue weighted by atomic mass is 10.0. The fourth-order valence-electron chi connectivity index (χ4n) is 1.86. The summed E-state index contributed by atoms with van der Waals surface area (Å²) in [6, 6.07) is 5.91. The van der Waals surface area contributed by atoms with Gasteiger partial charge in [-0.2, -0.15) is 13.2 Å². The molecule has 0 bridgehead atoms. The molecular formula is C14H11F3N2O3. The minimum Gasteiger partial charge on any atom is -0.481 e. The molecule has 3 N–H and O–H groups in total. The number of anilines is 1. The van der Waals surface area contributed by atoms with Crippen LogP contribution in [-0.4, -0.2) is 23.2 Å². The maximum atomic E-state index is 12.8. The molecule has 1 heterocycles. The summed E-state index contributed by atoms with van der Waals surface area (Å²) in [7, 11) is 1.19. The summed E-state index contributed by atoms with van der Waals surface area (Å²) < 4.78 is 43.3. The van der Waals surface area contributed by atoms with Crippen LogP contribution >= 0.6 is 0 Å². The maximum Gasteiger partial charge on any atom is 0.433 e. The highest BCUT2D eigenvalue weighted by Crippen LogP contribution is 2.34. The Morgan fingerprint density at radius 3 is 2.36 bits per heavy atom. The highest BCUT2D eigenvalue weighted by atomic mass is 19.4. The molecule has 0 saturated heterocycles. The number of pyridine rings is 1. The number of hydrogen-bond acceptors (Lipinski definition) is 4. The lowest BCUT2D eigenvalue weighted by Crippen LogP contribution is -2.09. The van der Waals surface area contributed by atoms with E-state index in [-0.39, 0.29) is 28.3 Å². The number of rotatable bonds is 3. The van der Waals surface area contributed by atoms with Gasteiger partial charge in [-0.25, -0.2) is 9.78 Å². The first-order valence-corrected chi connectivity index (χ1v) is 5.98. The first kappa shape index (κ1) is 15.6. The highest BCUT2D eigenvalue weighted by Gasteiger charge is 2.33. The van der Waals surface area contributed by atoms with Crippen LogP contribution in [0, 0.1) is 0 Å². The van der Waals surface area contributed by atoms with Crippen LogP contribution in [0.3, 0.4) is 0 Å². The van der Waals surface area contributed by atoms with Crippen molar-refractivity contribution >= 4 is 11.7 Å². The minimum absolute atomic E-state index is 0.106. The molecule has 22 heavy (non-hydrogen) atoms. The van der Waals surface area contributed by atoms with Crippen LogP contribution in [-0.2, 0) is 6.18 Å². The van der Waals surface area contributed by atoms with E-state index in [9.17, 15) is 18.0 Å². The molecular weight excluding hydrogens is 301 g/mol. The normalized spacial score (nSPS) is 11.3. The molecule has 0 aliphatic carbocycles. The van der Waals surface area contributed by atoms with Gasteiger partial charge in [-0.1, -0.05) is 0 Å². The van der Waals surface area contributed by atoms with Crippen molar-refractivity contribution < 1.29 is 27.8 Å². The second-order valence-electron chi connectivity index (χ2n) is 4.43. The third kappa shape index (κ3) is 3.27. The lowest BCUT2D eigenvalue weighted by molar-refractivity contribution is -0.141. The number of methoxy groups -OCH3 is 1. The molecule has 0 saturated carbocycles. The van der Waals surface area contributed by atoms with Gasteiger partial charge in [0.25, 0.3) is 0 Å². The largest absolute Gasteiger partial charge is 0.481 e. The molecule has 5 nitrogen and oxygen atoms in total. The van der Waals surface area contributed by atoms with Gasteiger partial charge < -0.3 is 15.6 Å². The molecule has 0 atom stereocenters. The van der Waals surface area contributed by atoms with Crippen LogP contribution in [0.4, 0.5) is 18.9 Å². The third-order valence-corrected chi connectivity index (χ3v) is 2.84. The number of carbonyl (C=O) groups is 1. The van der Waals surface area contributed by atoms with Gasteiger partial charge in [-0.05, 0) is 35.4 Å². The van der Waals surface area contributed by atoms with Crippen molar-refractivity contribution in [2.45, 2.75) is 6.18 Å². The number of carboxylic acid groups (broad SMARTS) is 1. The van der Waals surface area contributed by atoms with Gasteiger partial charge >= 0.3 is 12.1 Å². The first-order valence-electron chi connectivity index (χ1n) is 5.98. The summed E-state index contributed by atoms with van der Waals surface area (Å²) in [5.74, 6) is -1.46. The van der Waals surface area contributed by atoms with E-state index in [0.717, 1.165) is 6.07 Å². The second kappa shape index (κ2) is 5.55. The standard InChI is InChI=1S/C14H11F3N2O3/c1-22-12-6-8(5-11(19-12)14(15,16)17)7-2-9(13(20)21)4-10(18)3-7/h2-6H,18H2,1H3,(H,20,21). The average molecular weight is 312 g/mol. The second-order valence-corrected chi connectivity index (χ2v) is 4.43. The molecule has 1 aromatic carbocycles. The van der Waals surface area contributed by atoms with Crippen LogP contribution in [0.15, 0.2) is 30.3 Å². The summed E-state index contributed by atoms with van der Waals surface area (Å²) in [6.45, 7) is 0. The van der Waals surface area contributed by atoms with Crippen molar-refractivity contribution in [3.63, 3.8) is 0 Å². The Bertz CT molecular complexity index is 730. The van der Waals surface area contributed by atoms with Gasteiger partial charge in [0, 0.05) is 11.8 Å². The van der Waals surface area contributed by atoms with Gasteiger partial charge in [0.05, 0.1) is 12.7 Å². The topological polar surface area (TPSA) is 85.4 Å². The van der Waals surface area contributed by atoms with Crippen LogP contribution in [0.1, 0.15) is 16.1 Å². The molecule has 1 aromatic heterocycles. The van der Waals surface area contributed by atoms with Crippen molar-refractivity contribution in [2.75, 3.05) is 12.8 Å². The van der Waals surface area contributed by atoms with Crippen LogP contribution in [0.25, 0.3) is 11.1 Å². The van der Waals surface area contributed by atoms with Gasteiger partial charge in [0.15, 0.2) is 0 Å². The van der Waals surface area contributed by atoms with Crippen molar-refractivity contribution in [3.05, 3.63) is 41.6 Å². The molecule has 0 amide bonds. The van der Waals surface area contributed by atoms with E-state index in [0.29, 0.717) is 0 Å². The zero-order valence-electron chi connectivity index (χ0n) is 11.3. The Balaban J connectivity index is 2.64. The van der Waals surface area contributed by atoms with Crippen LogP contribution < -0.4 is 10.5 Å². The molecule has 2 rings (SSSR count). The number of alkyl halides is 3. The van der Waals surface area contributed by atoms with Crippen LogP contribution in [0.2, 0.25) is 0 Å². The molecule has 0 aliphatic rings. The van der Waals surface area contributed by atoms with E-state index in [1.807, 2.05) is 0 Å². The summed E-state index contributed by atoms with van der Waals surface area (Å²) in [6.07, 6.45) is -4.65. The maximum absolute atomic E-state index is 12.8. The Labute approximate surface area is 123 Å².